The molecule has 138 valence electrons. The van der Waals surface area contributed by atoms with Crippen molar-refractivity contribution in [3.05, 3.63) is 71.5 Å². The van der Waals surface area contributed by atoms with Gasteiger partial charge in [-0.05, 0) is 61.9 Å². The topological polar surface area (TPSA) is 51.2 Å². The summed E-state index contributed by atoms with van der Waals surface area (Å²) in [5.41, 5.74) is 3.88. The van der Waals surface area contributed by atoms with Crippen molar-refractivity contribution in [2.24, 2.45) is 0 Å². The molecular weight excluding hydrogens is 363 g/mol. The molecule has 3 aromatic rings. The van der Waals surface area contributed by atoms with Gasteiger partial charge in [-0.2, -0.15) is 0 Å². The Labute approximate surface area is 161 Å². The van der Waals surface area contributed by atoms with E-state index < -0.39 is 0 Å². The van der Waals surface area contributed by atoms with Gasteiger partial charge in [-0.25, -0.2) is 9.37 Å². The highest BCUT2D eigenvalue weighted by Gasteiger charge is 2.10. The van der Waals surface area contributed by atoms with Crippen LogP contribution in [-0.2, 0) is 4.79 Å². The van der Waals surface area contributed by atoms with E-state index in [-0.39, 0.29) is 17.8 Å². The highest BCUT2D eigenvalue weighted by molar-refractivity contribution is 7.14. The predicted molar refractivity (Wildman–Crippen MR) is 107 cm³/mol. The molecule has 6 heteroatoms. The van der Waals surface area contributed by atoms with Crippen molar-refractivity contribution in [2.75, 3.05) is 5.32 Å². The lowest BCUT2D eigenvalue weighted by Crippen LogP contribution is -2.07. The molecule has 4 nitrogen and oxygen atoms in total. The molecule has 0 fully saturated rings. The highest BCUT2D eigenvalue weighted by atomic mass is 32.1. The van der Waals surface area contributed by atoms with Gasteiger partial charge in [-0.1, -0.05) is 12.1 Å². The Morgan fingerprint density at radius 3 is 2.74 bits per heavy atom. The van der Waals surface area contributed by atoms with Gasteiger partial charge >= 0.3 is 0 Å². The SMILES string of the molecule is CC(C)Oc1cccc(/C=C/C(=O)Nc2scnc2-c2ccc(F)cc2)c1. The number of hydrogen-bond acceptors (Lipinski definition) is 4. The number of thiazole rings is 1. The molecular formula is C21H19FN2O2S. The van der Waals surface area contributed by atoms with Crippen LogP contribution >= 0.6 is 11.3 Å². The van der Waals surface area contributed by atoms with Crippen LogP contribution in [0, 0.1) is 5.82 Å². The summed E-state index contributed by atoms with van der Waals surface area (Å²) in [5.74, 6) is 0.178. The Morgan fingerprint density at radius 2 is 2.00 bits per heavy atom. The minimum atomic E-state index is -0.314. The molecule has 27 heavy (non-hydrogen) atoms. The van der Waals surface area contributed by atoms with E-state index >= 15 is 0 Å². The zero-order valence-electron chi connectivity index (χ0n) is 15.0. The smallest absolute Gasteiger partial charge is 0.249 e. The minimum absolute atomic E-state index is 0.0868. The summed E-state index contributed by atoms with van der Waals surface area (Å²) in [5, 5.41) is 3.44. The number of carbonyl (C=O) groups is 1. The Kier molecular flexibility index (Phi) is 5.98. The molecule has 1 heterocycles. The molecule has 1 N–H and O–H groups in total. The number of ether oxygens (including phenoxy) is 1. The number of nitrogens with zero attached hydrogens (tertiary/aromatic N) is 1. The van der Waals surface area contributed by atoms with Gasteiger partial charge in [0.1, 0.15) is 22.3 Å². The summed E-state index contributed by atoms with van der Waals surface area (Å²) in [6.45, 7) is 3.92. The van der Waals surface area contributed by atoms with Gasteiger partial charge in [0.15, 0.2) is 0 Å². The number of hydrogen-bond donors (Lipinski definition) is 1. The van der Waals surface area contributed by atoms with E-state index in [9.17, 15) is 9.18 Å². The third-order valence-electron chi connectivity index (χ3n) is 3.58. The molecule has 1 aromatic heterocycles. The van der Waals surface area contributed by atoms with Gasteiger partial charge in [0, 0.05) is 11.6 Å². The average molecular weight is 382 g/mol. The van der Waals surface area contributed by atoms with E-state index in [1.807, 2.05) is 38.1 Å². The monoisotopic (exact) mass is 382 g/mol. The number of nitrogens with one attached hydrogen (secondary N) is 1. The van der Waals surface area contributed by atoms with E-state index in [4.69, 9.17) is 4.74 Å². The molecule has 0 atom stereocenters. The highest BCUT2D eigenvalue weighted by Crippen LogP contribution is 2.30. The lowest BCUT2D eigenvalue weighted by molar-refractivity contribution is -0.111. The molecule has 0 aliphatic heterocycles. The maximum Gasteiger partial charge on any atom is 0.249 e. The van der Waals surface area contributed by atoms with E-state index in [0.29, 0.717) is 10.7 Å². The molecule has 0 saturated heterocycles. The van der Waals surface area contributed by atoms with Crippen molar-refractivity contribution in [1.29, 1.82) is 0 Å². The van der Waals surface area contributed by atoms with E-state index in [1.54, 1.807) is 23.7 Å². The van der Waals surface area contributed by atoms with E-state index in [0.717, 1.165) is 16.9 Å². The molecule has 0 bridgehead atoms. The summed E-state index contributed by atoms with van der Waals surface area (Å²) < 4.78 is 18.7. The minimum Gasteiger partial charge on any atom is -0.491 e. The van der Waals surface area contributed by atoms with Gasteiger partial charge in [-0.3, -0.25) is 4.79 Å². The average Bonchev–Trinajstić information content (AvgIpc) is 3.08. The Morgan fingerprint density at radius 1 is 1.22 bits per heavy atom. The number of aromatic nitrogens is 1. The van der Waals surface area contributed by atoms with Crippen molar-refractivity contribution in [1.82, 2.24) is 4.98 Å². The number of rotatable bonds is 6. The largest absolute Gasteiger partial charge is 0.491 e. The van der Waals surface area contributed by atoms with E-state index in [1.165, 1.54) is 29.5 Å². The van der Waals surface area contributed by atoms with Gasteiger partial charge < -0.3 is 10.1 Å². The maximum absolute atomic E-state index is 13.1. The molecule has 2 aromatic carbocycles. The first-order chi connectivity index (χ1) is 13.0. The van der Waals surface area contributed by atoms with Gasteiger partial charge in [-0.15, -0.1) is 11.3 Å². The van der Waals surface area contributed by atoms with Crippen LogP contribution in [0.1, 0.15) is 19.4 Å². The summed E-state index contributed by atoms with van der Waals surface area (Å²) in [4.78, 5) is 16.5. The van der Waals surface area contributed by atoms with Crippen molar-refractivity contribution < 1.29 is 13.9 Å². The number of anilines is 1. The molecule has 3 rings (SSSR count). The molecule has 0 radical (unpaired) electrons. The first kappa shape index (κ1) is 18.8. The van der Waals surface area contributed by atoms with E-state index in [2.05, 4.69) is 10.3 Å². The normalized spacial score (nSPS) is 11.1. The van der Waals surface area contributed by atoms with Crippen LogP contribution in [0.4, 0.5) is 9.39 Å². The number of halogens is 1. The van der Waals surface area contributed by atoms with Gasteiger partial charge in [0.25, 0.3) is 0 Å². The van der Waals surface area contributed by atoms with Crippen molar-refractivity contribution in [3.63, 3.8) is 0 Å². The first-order valence-corrected chi connectivity index (χ1v) is 9.34. The maximum atomic E-state index is 13.1. The van der Waals surface area contributed by atoms with Crippen molar-refractivity contribution in [2.45, 2.75) is 20.0 Å². The second kappa shape index (κ2) is 8.60. The fourth-order valence-electron chi connectivity index (χ4n) is 2.44. The second-order valence-electron chi connectivity index (χ2n) is 6.10. The van der Waals surface area contributed by atoms with Gasteiger partial charge in [0.2, 0.25) is 5.91 Å². The molecule has 0 aliphatic carbocycles. The Balaban J connectivity index is 1.69. The summed E-state index contributed by atoms with van der Waals surface area (Å²) in [7, 11) is 0. The van der Waals surface area contributed by atoms with Crippen LogP contribution in [0.25, 0.3) is 17.3 Å². The Hall–Kier alpha value is -2.99. The van der Waals surface area contributed by atoms with Crippen LogP contribution in [0.5, 0.6) is 5.75 Å². The predicted octanol–water partition coefficient (Wildman–Crippen LogP) is 5.39. The molecule has 1 amide bonds. The fraction of sp³-hybridized carbons (Fsp3) is 0.143. The summed E-state index contributed by atoms with van der Waals surface area (Å²) >= 11 is 1.32. The summed E-state index contributed by atoms with van der Waals surface area (Å²) in [6, 6.07) is 13.5. The number of carbonyl (C=O) groups excluding carboxylic acids is 1. The zero-order valence-corrected chi connectivity index (χ0v) is 15.8. The third kappa shape index (κ3) is 5.24. The standard InChI is InChI=1S/C21H19FN2O2S/c1-14(2)26-18-5-3-4-15(12-18)6-11-19(25)24-21-20(23-13-27-21)16-7-9-17(22)10-8-16/h3-14H,1-2H3,(H,24,25)/b11-6+. The van der Waals surface area contributed by atoms with Crippen LogP contribution in [-0.4, -0.2) is 17.0 Å². The van der Waals surface area contributed by atoms with Crippen molar-refractivity contribution >= 4 is 28.3 Å². The first-order valence-electron chi connectivity index (χ1n) is 8.46. The third-order valence-corrected chi connectivity index (χ3v) is 4.32. The summed E-state index contributed by atoms with van der Waals surface area (Å²) in [6.07, 6.45) is 3.27. The fourth-order valence-corrected chi connectivity index (χ4v) is 3.14. The lowest BCUT2D eigenvalue weighted by atomic mass is 10.1. The molecule has 0 unspecified atom stereocenters. The van der Waals surface area contributed by atoms with Crippen molar-refractivity contribution in [3.8, 4) is 17.0 Å². The van der Waals surface area contributed by atoms with Crippen LogP contribution in [0.15, 0.2) is 60.1 Å². The van der Waals surface area contributed by atoms with Gasteiger partial charge in [0.05, 0.1) is 11.6 Å². The van der Waals surface area contributed by atoms with Crippen LogP contribution < -0.4 is 10.1 Å². The molecule has 0 aliphatic rings. The number of benzene rings is 2. The Bertz CT molecular complexity index is 949. The zero-order chi connectivity index (χ0) is 19.2. The molecule has 0 saturated carbocycles. The quantitative estimate of drug-likeness (QED) is 0.582. The lowest BCUT2D eigenvalue weighted by Gasteiger charge is -2.09. The number of amides is 1. The second-order valence-corrected chi connectivity index (χ2v) is 6.95. The molecule has 0 spiro atoms. The van der Waals surface area contributed by atoms with Crippen LogP contribution in [0.3, 0.4) is 0 Å². The van der Waals surface area contributed by atoms with Crippen LogP contribution in [0.2, 0.25) is 0 Å².